The number of aliphatic hydroxyl groups excluding tert-OH is 3. The molecule has 0 aliphatic carbocycles. The van der Waals surface area contributed by atoms with Crippen molar-refractivity contribution in [1.29, 1.82) is 0 Å². The summed E-state index contributed by atoms with van der Waals surface area (Å²) in [7, 11) is 6.63. The number of aromatic nitrogens is 1. The number of carbonyl (C=O) groups excluding carboxylic acids is 4. The molecular weight excluding hydrogens is 791 g/mol. The van der Waals surface area contributed by atoms with Gasteiger partial charge in [-0.05, 0) is 96.4 Å². The number of nitrogens with zero attached hydrogens (tertiary/aromatic N) is 3. The van der Waals surface area contributed by atoms with E-state index in [2.05, 4.69) is 4.98 Å². The third-order valence-electron chi connectivity index (χ3n) is 11.7. The summed E-state index contributed by atoms with van der Waals surface area (Å²) in [5, 5.41) is 35.3. The van der Waals surface area contributed by atoms with Crippen LogP contribution in [-0.2, 0) is 54.0 Å². The first kappa shape index (κ1) is 49.8. The lowest BCUT2D eigenvalue weighted by Crippen LogP contribution is -2.63. The molecule has 61 heavy (non-hydrogen) atoms. The van der Waals surface area contributed by atoms with E-state index in [4.69, 9.17) is 28.4 Å². The van der Waals surface area contributed by atoms with Crippen LogP contribution in [0.1, 0.15) is 72.3 Å². The van der Waals surface area contributed by atoms with Crippen LogP contribution in [0.2, 0.25) is 0 Å². The van der Waals surface area contributed by atoms with Gasteiger partial charge in [0.1, 0.15) is 36.8 Å². The number of rotatable bonds is 13. The first-order valence-corrected chi connectivity index (χ1v) is 21.2. The molecule has 2 aliphatic heterocycles. The van der Waals surface area contributed by atoms with Crippen molar-refractivity contribution in [3.63, 3.8) is 0 Å². The number of methoxy groups -OCH3 is 1. The lowest BCUT2D eigenvalue weighted by atomic mass is 9.82. The molecule has 0 amide bonds. The number of hydrogen-bond acceptors (Lipinski definition) is 16. The molecule has 0 spiro atoms. The fourth-order valence-corrected chi connectivity index (χ4v) is 8.72. The van der Waals surface area contributed by atoms with E-state index in [-0.39, 0.29) is 19.3 Å². The maximum atomic E-state index is 13.7. The van der Waals surface area contributed by atoms with E-state index < -0.39 is 109 Å². The van der Waals surface area contributed by atoms with E-state index in [9.17, 15) is 34.5 Å². The smallest absolute Gasteiger partial charge is 0.309 e. The molecule has 0 saturated carbocycles. The van der Waals surface area contributed by atoms with Gasteiger partial charge in [-0.25, -0.2) is 0 Å². The molecule has 16 nitrogen and oxygen atoms in total. The summed E-state index contributed by atoms with van der Waals surface area (Å²) in [6.07, 6.45) is -3.79. The van der Waals surface area contributed by atoms with Gasteiger partial charge in [-0.1, -0.05) is 31.2 Å². The van der Waals surface area contributed by atoms with Crippen LogP contribution in [0.5, 0.6) is 0 Å². The third-order valence-corrected chi connectivity index (χ3v) is 11.7. The van der Waals surface area contributed by atoms with Crippen LogP contribution in [0.15, 0.2) is 48.7 Å². The van der Waals surface area contributed by atoms with Crippen LogP contribution in [0.3, 0.4) is 0 Å². The number of benzene rings is 1. The summed E-state index contributed by atoms with van der Waals surface area (Å²) in [6, 6.07) is 8.56. The highest BCUT2D eigenvalue weighted by molar-refractivity contribution is 5.81. The minimum atomic E-state index is -1.38. The zero-order chi connectivity index (χ0) is 45.0. The molecule has 0 radical (unpaired) electrons. The number of hydrogen-bond donors (Lipinski definition) is 3. The van der Waals surface area contributed by atoms with Crippen molar-refractivity contribution in [3.05, 3.63) is 54.2 Å². The normalized spacial score (nSPS) is 33.8. The number of pyridine rings is 1. The van der Waals surface area contributed by atoms with E-state index in [1.807, 2.05) is 49.2 Å². The molecule has 2 aliphatic rings. The quantitative estimate of drug-likeness (QED) is 0.115. The van der Waals surface area contributed by atoms with Crippen LogP contribution < -0.4 is 0 Å². The SMILES string of the molecule is CO[C@@H]1C(OC2OC(C)[C@@H](O)C(N(C)C)C2O)[C@@H](CC=O)C[C@@H](C)[C@@H](OC(C)=O)/C=C/[C@@H](N(C)CCCc2ccnc3ccccc23)[C@@H](O)C[C@@H](C)OC(=O)C[C@H]1OC(C)=O. The zero-order valence-electron chi connectivity index (χ0n) is 37.0. The lowest BCUT2D eigenvalue weighted by molar-refractivity contribution is -0.310. The molecule has 3 N–H and O–H groups in total. The van der Waals surface area contributed by atoms with Crippen molar-refractivity contribution in [2.45, 2.75) is 146 Å². The van der Waals surface area contributed by atoms with Gasteiger partial charge in [0, 0.05) is 45.4 Å². The summed E-state index contributed by atoms with van der Waals surface area (Å²) < 4.78 is 36.0. The monoisotopic (exact) mass is 857 g/mol. The first-order valence-electron chi connectivity index (χ1n) is 21.2. The standard InChI is InChI=1S/C45H67N3O13/c1-26-23-32(19-22-49)43(61-45-42(55)40(47(6)7)41(54)28(3)58-45)44(56-9)38(60-30(5)51)25-39(53)57-27(2)24-36(52)35(16-17-37(26)59-29(4)50)48(8)21-12-13-31-18-20-46-34-15-11-10-14-33(31)34/h10-11,14-18,20,22,26-28,32,35-38,40-45,52,54-55H,12-13,19,21,23-25H2,1-9H3/b17-16+/t26-,27-,28?,32+,35-,36+,37+,38-,40?,41-,42?,43?,44+,45?/m1/s1. The molecule has 4 rings (SSSR count). The average Bonchev–Trinajstić information content (AvgIpc) is 3.18. The molecule has 5 unspecified atom stereocenters. The minimum Gasteiger partial charge on any atom is -0.462 e. The van der Waals surface area contributed by atoms with Crippen LogP contribution in [0, 0.1) is 11.8 Å². The molecule has 0 bridgehead atoms. The molecule has 1 fully saturated rings. The molecule has 1 aromatic heterocycles. The second-order valence-corrected chi connectivity index (χ2v) is 16.8. The highest BCUT2D eigenvalue weighted by atomic mass is 16.7. The summed E-state index contributed by atoms with van der Waals surface area (Å²) >= 11 is 0. The molecule has 340 valence electrons. The summed E-state index contributed by atoms with van der Waals surface area (Å²) in [6.45, 7) is 8.20. The van der Waals surface area contributed by atoms with Crippen molar-refractivity contribution < 1.29 is 62.9 Å². The Morgan fingerprint density at radius 2 is 1.66 bits per heavy atom. The first-order chi connectivity index (χ1) is 28.9. The van der Waals surface area contributed by atoms with Crippen molar-refractivity contribution in [1.82, 2.24) is 14.8 Å². The van der Waals surface area contributed by atoms with E-state index >= 15 is 0 Å². The van der Waals surface area contributed by atoms with Crippen LogP contribution in [0.25, 0.3) is 10.9 Å². The number of aryl methyl sites for hydroxylation is 1. The number of para-hydroxylation sites is 1. The van der Waals surface area contributed by atoms with Crippen molar-refractivity contribution in [3.8, 4) is 0 Å². The highest BCUT2D eigenvalue weighted by Gasteiger charge is 2.48. The van der Waals surface area contributed by atoms with E-state index in [1.165, 1.54) is 21.0 Å². The van der Waals surface area contributed by atoms with Crippen molar-refractivity contribution >= 4 is 35.1 Å². The molecular formula is C45H67N3O13. The number of aliphatic hydroxyl groups is 3. The van der Waals surface area contributed by atoms with Gasteiger partial charge in [0.25, 0.3) is 0 Å². The molecule has 14 atom stereocenters. The highest BCUT2D eigenvalue weighted by Crippen LogP contribution is 2.34. The second kappa shape index (κ2) is 23.5. The number of ether oxygens (including phenoxy) is 6. The van der Waals surface area contributed by atoms with Gasteiger partial charge in [0.2, 0.25) is 0 Å². The Kier molecular flexibility index (Phi) is 19.2. The van der Waals surface area contributed by atoms with E-state index in [1.54, 1.807) is 51.2 Å². The van der Waals surface area contributed by atoms with Crippen LogP contribution >= 0.6 is 0 Å². The largest absolute Gasteiger partial charge is 0.462 e. The second-order valence-electron chi connectivity index (χ2n) is 16.8. The van der Waals surface area contributed by atoms with Crippen molar-refractivity contribution in [2.75, 3.05) is 34.8 Å². The van der Waals surface area contributed by atoms with Gasteiger partial charge >= 0.3 is 17.9 Å². The molecule has 3 heterocycles. The van der Waals surface area contributed by atoms with E-state index in [0.29, 0.717) is 12.8 Å². The predicted octanol–water partition coefficient (Wildman–Crippen LogP) is 3.00. The van der Waals surface area contributed by atoms with E-state index in [0.717, 1.165) is 29.3 Å². The summed E-state index contributed by atoms with van der Waals surface area (Å²) in [4.78, 5) is 59.5. The van der Waals surface area contributed by atoms with Crippen molar-refractivity contribution in [2.24, 2.45) is 11.8 Å². The number of likely N-dealkylation sites (N-methyl/N-ethyl adjacent to an activating group) is 2. The Bertz CT molecular complexity index is 1760. The number of fused-ring (bicyclic) bond motifs is 1. The van der Waals surface area contributed by atoms with Crippen LogP contribution in [0.4, 0.5) is 0 Å². The number of aldehydes is 1. The maximum Gasteiger partial charge on any atom is 0.309 e. The number of esters is 3. The summed E-state index contributed by atoms with van der Waals surface area (Å²) in [5.74, 6) is -3.24. The predicted molar refractivity (Wildman–Crippen MR) is 225 cm³/mol. The van der Waals surface area contributed by atoms with Gasteiger partial charge in [-0.3, -0.25) is 24.3 Å². The Hall–Kier alpha value is -3.87. The van der Waals surface area contributed by atoms with Gasteiger partial charge in [-0.15, -0.1) is 0 Å². The van der Waals surface area contributed by atoms with Gasteiger partial charge in [0.05, 0.1) is 48.4 Å². The van der Waals surface area contributed by atoms with Crippen LogP contribution in [-0.4, -0.2) is 162 Å². The Balaban J connectivity index is 1.74. The number of carbonyl (C=O) groups is 4. The average molecular weight is 858 g/mol. The van der Waals surface area contributed by atoms with Gasteiger partial charge in [0.15, 0.2) is 6.29 Å². The Labute approximate surface area is 359 Å². The molecule has 1 saturated heterocycles. The Morgan fingerprint density at radius 3 is 2.31 bits per heavy atom. The molecule has 1 aromatic carbocycles. The lowest BCUT2D eigenvalue weighted by Gasteiger charge is -2.47. The fourth-order valence-electron chi connectivity index (χ4n) is 8.72. The van der Waals surface area contributed by atoms with Gasteiger partial charge < -0.3 is 53.4 Å². The van der Waals surface area contributed by atoms with Gasteiger partial charge in [-0.2, -0.15) is 0 Å². The maximum absolute atomic E-state index is 13.7. The summed E-state index contributed by atoms with van der Waals surface area (Å²) in [5.41, 5.74) is 2.07. The zero-order valence-corrected chi connectivity index (χ0v) is 37.0. The molecule has 2 aromatic rings. The Morgan fingerprint density at radius 1 is 0.951 bits per heavy atom. The topological polar surface area (TPSA) is 204 Å². The minimum absolute atomic E-state index is 0.0426. The fraction of sp³-hybridized carbons (Fsp3) is 0.667. The molecule has 16 heteroatoms. The number of cyclic esters (lactones) is 1. The third kappa shape index (κ3) is 13.8.